The van der Waals surface area contributed by atoms with Crippen LogP contribution < -0.4 is 5.32 Å². The molecular formula is C11H10F3IN2S2. The van der Waals surface area contributed by atoms with E-state index in [-0.39, 0.29) is 6.04 Å². The molecule has 1 unspecified atom stereocenters. The van der Waals surface area contributed by atoms with Gasteiger partial charge in [-0.15, -0.1) is 22.7 Å². The molecule has 19 heavy (non-hydrogen) atoms. The average Bonchev–Trinajstić information content (AvgIpc) is 2.93. The summed E-state index contributed by atoms with van der Waals surface area (Å²) in [4.78, 5) is 4.06. The fourth-order valence-electron chi connectivity index (χ4n) is 1.61. The van der Waals surface area contributed by atoms with Crippen LogP contribution in [0.25, 0.3) is 0 Å². The van der Waals surface area contributed by atoms with E-state index in [1.165, 1.54) is 6.20 Å². The van der Waals surface area contributed by atoms with Gasteiger partial charge in [0.2, 0.25) is 0 Å². The lowest BCUT2D eigenvalue weighted by Crippen LogP contribution is -2.20. The molecule has 0 spiro atoms. The van der Waals surface area contributed by atoms with Gasteiger partial charge in [-0.2, -0.15) is 13.2 Å². The molecule has 2 heterocycles. The van der Waals surface area contributed by atoms with E-state index in [0.29, 0.717) is 22.8 Å². The second kappa shape index (κ2) is 6.06. The molecule has 0 aliphatic rings. The number of nitrogens with one attached hydrogen (secondary N) is 1. The van der Waals surface area contributed by atoms with Gasteiger partial charge in [-0.1, -0.05) is 6.92 Å². The number of hydrogen-bond acceptors (Lipinski definition) is 4. The minimum absolute atomic E-state index is 0.224. The molecular weight excluding hydrogens is 408 g/mol. The minimum atomic E-state index is -4.37. The molecule has 0 aliphatic heterocycles. The van der Waals surface area contributed by atoms with Crippen LogP contribution in [0.15, 0.2) is 17.6 Å². The van der Waals surface area contributed by atoms with Gasteiger partial charge in [0.25, 0.3) is 0 Å². The first kappa shape index (κ1) is 15.2. The van der Waals surface area contributed by atoms with Crippen molar-refractivity contribution >= 4 is 45.3 Å². The fraction of sp³-hybridized carbons (Fsp3) is 0.364. The first-order valence-electron chi connectivity index (χ1n) is 5.42. The third kappa shape index (κ3) is 3.67. The smallest absolute Gasteiger partial charge is 0.306 e. The number of halogens is 4. The van der Waals surface area contributed by atoms with Crippen molar-refractivity contribution in [3.8, 4) is 0 Å². The van der Waals surface area contributed by atoms with Gasteiger partial charge in [0.05, 0.1) is 8.93 Å². The van der Waals surface area contributed by atoms with E-state index in [0.717, 1.165) is 8.45 Å². The van der Waals surface area contributed by atoms with Crippen LogP contribution in [0.5, 0.6) is 0 Å². The highest BCUT2D eigenvalue weighted by atomic mass is 127. The molecule has 2 aromatic rings. The molecule has 1 N–H and O–H groups in total. The van der Waals surface area contributed by atoms with E-state index in [2.05, 4.69) is 32.9 Å². The zero-order chi connectivity index (χ0) is 14.0. The Bertz CT molecular complexity index is 550. The van der Waals surface area contributed by atoms with Crippen molar-refractivity contribution in [1.82, 2.24) is 10.3 Å². The molecule has 104 valence electrons. The Morgan fingerprint density at radius 1 is 1.47 bits per heavy atom. The van der Waals surface area contributed by atoms with Crippen LogP contribution in [-0.4, -0.2) is 11.5 Å². The molecule has 0 bridgehead atoms. The van der Waals surface area contributed by atoms with Crippen LogP contribution in [0.4, 0.5) is 13.2 Å². The Morgan fingerprint density at radius 3 is 2.68 bits per heavy atom. The lowest BCUT2D eigenvalue weighted by Gasteiger charge is -2.14. The predicted molar refractivity (Wildman–Crippen MR) is 79.7 cm³/mol. The van der Waals surface area contributed by atoms with Crippen molar-refractivity contribution < 1.29 is 13.2 Å². The molecule has 2 nitrogen and oxygen atoms in total. The van der Waals surface area contributed by atoms with Crippen LogP contribution in [0.1, 0.15) is 28.4 Å². The van der Waals surface area contributed by atoms with Crippen molar-refractivity contribution in [3.63, 3.8) is 0 Å². The highest BCUT2D eigenvalue weighted by Crippen LogP contribution is 2.36. The summed E-state index contributed by atoms with van der Waals surface area (Å²) in [5.74, 6) is 0. The van der Waals surface area contributed by atoms with E-state index in [9.17, 15) is 13.2 Å². The van der Waals surface area contributed by atoms with E-state index < -0.39 is 11.2 Å². The Hall–Kier alpha value is -0.190. The average molecular weight is 418 g/mol. The molecule has 0 saturated heterocycles. The Morgan fingerprint density at radius 2 is 2.21 bits per heavy atom. The molecule has 0 amide bonds. The molecule has 0 saturated carbocycles. The third-order valence-corrected chi connectivity index (χ3v) is 5.29. The van der Waals surface area contributed by atoms with E-state index in [4.69, 9.17) is 0 Å². The summed E-state index contributed by atoms with van der Waals surface area (Å²) in [5, 5.41) is 4.36. The van der Waals surface area contributed by atoms with Gasteiger partial charge in [-0.05, 0) is 46.1 Å². The van der Waals surface area contributed by atoms with Gasteiger partial charge in [-0.3, -0.25) is 0 Å². The monoisotopic (exact) mass is 418 g/mol. The highest BCUT2D eigenvalue weighted by Gasteiger charge is 2.35. The maximum Gasteiger partial charge on any atom is 0.443 e. The number of alkyl halides is 3. The normalized spacial score (nSPS) is 13.7. The third-order valence-electron chi connectivity index (χ3n) is 2.38. The van der Waals surface area contributed by atoms with E-state index in [1.807, 2.05) is 18.4 Å². The van der Waals surface area contributed by atoms with Gasteiger partial charge in [-0.25, -0.2) is 4.98 Å². The number of thiazole rings is 1. The number of rotatable bonds is 4. The summed E-state index contributed by atoms with van der Waals surface area (Å²) in [6.45, 7) is 2.60. The van der Waals surface area contributed by atoms with Crippen molar-refractivity contribution in [1.29, 1.82) is 0 Å². The lowest BCUT2D eigenvalue weighted by atomic mass is 10.1. The lowest BCUT2D eigenvalue weighted by molar-refractivity contribution is -0.137. The second-order valence-corrected chi connectivity index (χ2v) is 7.61. The number of thiophene rings is 1. The fourth-order valence-corrected chi connectivity index (χ4v) is 3.90. The van der Waals surface area contributed by atoms with Gasteiger partial charge >= 0.3 is 6.18 Å². The number of nitrogens with zero attached hydrogens (tertiary/aromatic N) is 1. The zero-order valence-electron chi connectivity index (χ0n) is 9.79. The summed E-state index contributed by atoms with van der Waals surface area (Å²) >= 11 is 4.47. The first-order chi connectivity index (χ1) is 8.91. The van der Waals surface area contributed by atoms with Crippen LogP contribution in [0, 0.1) is 2.88 Å². The van der Waals surface area contributed by atoms with E-state index >= 15 is 0 Å². The van der Waals surface area contributed by atoms with Crippen LogP contribution in [0.3, 0.4) is 0 Å². The molecule has 2 aromatic heterocycles. The predicted octanol–water partition coefficient (Wildman–Crippen LogP) is 4.53. The molecule has 1 atom stereocenters. The van der Waals surface area contributed by atoms with Crippen molar-refractivity contribution in [2.75, 3.05) is 6.54 Å². The maximum atomic E-state index is 12.6. The second-order valence-electron chi connectivity index (χ2n) is 3.74. The van der Waals surface area contributed by atoms with E-state index in [1.54, 1.807) is 11.3 Å². The Kier molecular flexibility index (Phi) is 4.85. The van der Waals surface area contributed by atoms with Crippen molar-refractivity contribution in [3.05, 3.63) is 36.0 Å². The summed E-state index contributed by atoms with van der Waals surface area (Å²) in [5.41, 5.74) is 0.980. The molecule has 0 radical (unpaired) electrons. The van der Waals surface area contributed by atoms with Gasteiger partial charge in [0.1, 0.15) is 0 Å². The molecule has 2 rings (SSSR count). The van der Waals surface area contributed by atoms with Crippen LogP contribution in [0.2, 0.25) is 0 Å². The topological polar surface area (TPSA) is 24.9 Å². The number of aromatic nitrogens is 1. The summed E-state index contributed by atoms with van der Waals surface area (Å²) in [6, 6.07) is 1.75. The Balaban J connectivity index is 2.32. The Labute approximate surface area is 130 Å². The van der Waals surface area contributed by atoms with Gasteiger partial charge < -0.3 is 5.32 Å². The summed E-state index contributed by atoms with van der Waals surface area (Å²) in [7, 11) is 0. The van der Waals surface area contributed by atoms with Gasteiger partial charge in [0.15, 0.2) is 5.01 Å². The quantitative estimate of drug-likeness (QED) is 0.739. The van der Waals surface area contributed by atoms with Crippen molar-refractivity contribution in [2.24, 2.45) is 0 Å². The first-order valence-corrected chi connectivity index (χ1v) is 8.19. The minimum Gasteiger partial charge on any atom is -0.306 e. The molecule has 8 heteroatoms. The van der Waals surface area contributed by atoms with Crippen molar-refractivity contribution in [2.45, 2.75) is 19.1 Å². The highest BCUT2D eigenvalue weighted by molar-refractivity contribution is 14.1. The summed E-state index contributed by atoms with van der Waals surface area (Å²) < 4.78 is 38.9. The maximum absolute atomic E-state index is 12.6. The largest absolute Gasteiger partial charge is 0.443 e. The molecule has 0 fully saturated rings. The zero-order valence-corrected chi connectivity index (χ0v) is 13.6. The van der Waals surface area contributed by atoms with Crippen LogP contribution in [-0.2, 0) is 6.18 Å². The molecule has 0 aliphatic carbocycles. The standard InChI is InChI=1S/C11H10F3IN2S2/c1-2-16-9(6-3-8(15)18-5-6)7-4-17-10(19-7)11(12,13)14/h3-5,9,16H,2H2,1H3. The summed E-state index contributed by atoms with van der Waals surface area (Å²) in [6.07, 6.45) is -3.06. The SMILES string of the molecule is CCNC(c1csc(I)c1)c1cnc(C(F)(F)F)s1. The molecule has 0 aromatic carbocycles. The van der Waals surface area contributed by atoms with Gasteiger partial charge in [0, 0.05) is 11.1 Å². The number of hydrogen-bond donors (Lipinski definition) is 1. The van der Waals surface area contributed by atoms with Crippen LogP contribution >= 0.6 is 45.3 Å².